The first-order chi connectivity index (χ1) is 12.5. The Bertz CT molecular complexity index is 881. The van der Waals surface area contributed by atoms with Crippen LogP contribution in [0.5, 0.6) is 5.75 Å². The van der Waals surface area contributed by atoms with Gasteiger partial charge in [0.15, 0.2) is 11.6 Å². The lowest BCUT2D eigenvalue weighted by molar-refractivity contribution is 0.216. The number of benzene rings is 2. The summed E-state index contributed by atoms with van der Waals surface area (Å²) in [7, 11) is 3.45. The van der Waals surface area contributed by atoms with Crippen molar-refractivity contribution in [3.63, 3.8) is 0 Å². The van der Waals surface area contributed by atoms with Crippen LogP contribution in [0.15, 0.2) is 47.0 Å². The fraction of sp³-hybridized carbons (Fsp3) is 0.263. The Hall–Kier alpha value is -2.80. The molecule has 3 aromatic rings. The van der Waals surface area contributed by atoms with Gasteiger partial charge in [-0.3, -0.25) is 4.90 Å². The monoisotopic (exact) mass is 359 g/mol. The van der Waals surface area contributed by atoms with Crippen molar-refractivity contribution in [2.24, 2.45) is 0 Å². The molecule has 0 saturated carbocycles. The Kier molecular flexibility index (Phi) is 5.27. The van der Waals surface area contributed by atoms with Gasteiger partial charge >= 0.3 is 0 Å². The maximum Gasteiger partial charge on any atom is 0.241 e. The minimum absolute atomic E-state index is 0.151. The summed E-state index contributed by atoms with van der Waals surface area (Å²) in [5.74, 6) is -0.0474. The van der Waals surface area contributed by atoms with E-state index in [0.717, 1.165) is 17.4 Å². The zero-order valence-electron chi connectivity index (χ0n) is 14.7. The molecule has 1 atom stereocenters. The molecule has 0 fully saturated rings. The smallest absolute Gasteiger partial charge is 0.241 e. The van der Waals surface area contributed by atoms with Crippen LogP contribution in [0.25, 0.3) is 11.4 Å². The van der Waals surface area contributed by atoms with Crippen LogP contribution in [-0.2, 0) is 6.54 Å². The summed E-state index contributed by atoms with van der Waals surface area (Å²) >= 11 is 0. The molecule has 7 heteroatoms. The first-order valence-corrected chi connectivity index (χ1v) is 8.10. The molecule has 26 heavy (non-hydrogen) atoms. The van der Waals surface area contributed by atoms with E-state index < -0.39 is 11.6 Å². The van der Waals surface area contributed by atoms with Crippen molar-refractivity contribution in [2.75, 3.05) is 14.2 Å². The highest BCUT2D eigenvalue weighted by atomic mass is 19.2. The number of nitrogens with zero attached hydrogens (tertiary/aromatic N) is 3. The van der Waals surface area contributed by atoms with E-state index >= 15 is 0 Å². The Morgan fingerprint density at radius 1 is 1.12 bits per heavy atom. The first-order valence-electron chi connectivity index (χ1n) is 8.10. The summed E-state index contributed by atoms with van der Waals surface area (Å²) < 4.78 is 37.0. The van der Waals surface area contributed by atoms with E-state index in [-0.39, 0.29) is 6.04 Å². The van der Waals surface area contributed by atoms with Crippen LogP contribution >= 0.6 is 0 Å². The first kappa shape index (κ1) is 18.0. The zero-order chi connectivity index (χ0) is 18.7. The average molecular weight is 359 g/mol. The molecule has 136 valence electrons. The van der Waals surface area contributed by atoms with E-state index in [1.165, 1.54) is 6.07 Å². The third-order valence-corrected chi connectivity index (χ3v) is 4.29. The molecular weight excluding hydrogens is 340 g/mol. The molecular formula is C19H19F2N3O2. The molecule has 1 heterocycles. The van der Waals surface area contributed by atoms with E-state index in [4.69, 9.17) is 9.26 Å². The third kappa shape index (κ3) is 3.88. The van der Waals surface area contributed by atoms with Gasteiger partial charge in [0.25, 0.3) is 0 Å². The van der Waals surface area contributed by atoms with Crippen molar-refractivity contribution in [3.8, 4) is 17.1 Å². The number of aromatic nitrogens is 2. The van der Waals surface area contributed by atoms with Gasteiger partial charge in [0.05, 0.1) is 13.7 Å². The fourth-order valence-corrected chi connectivity index (χ4v) is 2.55. The van der Waals surface area contributed by atoms with Gasteiger partial charge in [-0.25, -0.2) is 8.78 Å². The molecule has 5 nitrogen and oxygen atoms in total. The van der Waals surface area contributed by atoms with E-state index in [0.29, 0.717) is 23.8 Å². The average Bonchev–Trinajstić information content (AvgIpc) is 3.12. The number of hydrogen-bond acceptors (Lipinski definition) is 5. The lowest BCUT2D eigenvalue weighted by atomic mass is 10.1. The number of methoxy groups -OCH3 is 1. The molecule has 0 bridgehead atoms. The third-order valence-electron chi connectivity index (χ3n) is 4.29. The maximum absolute atomic E-state index is 13.4. The van der Waals surface area contributed by atoms with Crippen LogP contribution in [0, 0.1) is 11.6 Å². The maximum atomic E-state index is 13.4. The van der Waals surface area contributed by atoms with Crippen molar-refractivity contribution in [1.82, 2.24) is 15.0 Å². The van der Waals surface area contributed by atoms with Gasteiger partial charge in [0.1, 0.15) is 5.75 Å². The molecule has 0 aliphatic rings. The number of ether oxygens (including phenoxy) is 1. The highest BCUT2D eigenvalue weighted by molar-refractivity contribution is 5.55. The Labute approximate surface area is 150 Å². The van der Waals surface area contributed by atoms with E-state index in [1.807, 2.05) is 43.1 Å². The second-order valence-electron chi connectivity index (χ2n) is 6.00. The fourth-order valence-electron chi connectivity index (χ4n) is 2.55. The van der Waals surface area contributed by atoms with Crippen molar-refractivity contribution >= 4 is 0 Å². The Morgan fingerprint density at radius 3 is 2.50 bits per heavy atom. The quantitative estimate of drug-likeness (QED) is 0.660. The lowest BCUT2D eigenvalue weighted by Crippen LogP contribution is -2.22. The van der Waals surface area contributed by atoms with E-state index in [1.54, 1.807) is 13.2 Å². The molecule has 0 N–H and O–H groups in total. The van der Waals surface area contributed by atoms with Crippen molar-refractivity contribution < 1.29 is 18.0 Å². The predicted octanol–water partition coefficient (Wildman–Crippen LogP) is 4.22. The second-order valence-corrected chi connectivity index (χ2v) is 6.00. The van der Waals surface area contributed by atoms with Crippen molar-refractivity contribution in [3.05, 3.63) is 65.6 Å². The lowest BCUT2D eigenvalue weighted by Gasteiger charge is -2.23. The predicted molar refractivity (Wildman–Crippen MR) is 92.5 cm³/mol. The SMILES string of the molecule is COc1ccc(-c2noc(CN(C)C(C)c3ccc(F)c(F)c3)n2)cc1. The highest BCUT2D eigenvalue weighted by Gasteiger charge is 2.17. The van der Waals surface area contributed by atoms with Gasteiger partial charge in [-0.1, -0.05) is 11.2 Å². The summed E-state index contributed by atoms with van der Waals surface area (Å²) in [6.07, 6.45) is 0. The zero-order valence-corrected chi connectivity index (χ0v) is 14.7. The highest BCUT2D eigenvalue weighted by Crippen LogP contribution is 2.24. The van der Waals surface area contributed by atoms with Gasteiger partial charge in [-0.2, -0.15) is 4.98 Å². The van der Waals surface area contributed by atoms with Crippen molar-refractivity contribution in [1.29, 1.82) is 0 Å². The molecule has 0 radical (unpaired) electrons. The van der Waals surface area contributed by atoms with E-state index in [9.17, 15) is 8.78 Å². The van der Waals surface area contributed by atoms with Gasteiger partial charge in [0, 0.05) is 11.6 Å². The second kappa shape index (κ2) is 7.61. The molecule has 2 aromatic carbocycles. The summed E-state index contributed by atoms with van der Waals surface area (Å²) in [4.78, 5) is 6.30. The van der Waals surface area contributed by atoms with Gasteiger partial charge in [0.2, 0.25) is 11.7 Å². The summed E-state index contributed by atoms with van der Waals surface area (Å²) in [5.41, 5.74) is 1.48. The standard InChI is InChI=1S/C19H19F2N3O2/c1-12(14-6-9-16(20)17(21)10-14)24(2)11-18-22-19(23-26-18)13-4-7-15(25-3)8-5-13/h4-10,12H,11H2,1-3H3. The van der Waals surface area contributed by atoms with Crippen LogP contribution in [0.4, 0.5) is 8.78 Å². The van der Waals surface area contributed by atoms with Crippen LogP contribution in [0.1, 0.15) is 24.4 Å². The van der Waals surface area contributed by atoms with Crippen LogP contribution < -0.4 is 4.74 Å². The molecule has 3 rings (SSSR count). The number of hydrogen-bond donors (Lipinski definition) is 0. The van der Waals surface area contributed by atoms with Crippen molar-refractivity contribution in [2.45, 2.75) is 19.5 Å². The molecule has 0 aliphatic carbocycles. The molecule has 1 aromatic heterocycles. The Morgan fingerprint density at radius 2 is 1.85 bits per heavy atom. The summed E-state index contributed by atoms with van der Waals surface area (Å²) in [5, 5.41) is 3.99. The number of rotatable bonds is 6. The summed E-state index contributed by atoms with van der Waals surface area (Å²) in [6.45, 7) is 2.27. The van der Waals surface area contributed by atoms with Crippen LogP contribution in [-0.4, -0.2) is 29.2 Å². The van der Waals surface area contributed by atoms with Crippen LogP contribution in [0.3, 0.4) is 0 Å². The molecule has 0 amide bonds. The normalized spacial score (nSPS) is 12.4. The molecule has 0 spiro atoms. The molecule has 0 saturated heterocycles. The van der Waals surface area contributed by atoms with Gasteiger partial charge in [-0.05, 0) is 55.9 Å². The number of halogens is 2. The van der Waals surface area contributed by atoms with Crippen LogP contribution in [0.2, 0.25) is 0 Å². The molecule has 1 unspecified atom stereocenters. The van der Waals surface area contributed by atoms with Gasteiger partial charge in [-0.15, -0.1) is 0 Å². The summed E-state index contributed by atoms with van der Waals surface area (Å²) in [6, 6.07) is 11.1. The molecule has 0 aliphatic heterocycles. The van der Waals surface area contributed by atoms with E-state index in [2.05, 4.69) is 10.1 Å². The minimum Gasteiger partial charge on any atom is -0.497 e. The minimum atomic E-state index is -0.859. The topological polar surface area (TPSA) is 51.4 Å². The Balaban J connectivity index is 1.70. The largest absolute Gasteiger partial charge is 0.497 e. The van der Waals surface area contributed by atoms with Gasteiger partial charge < -0.3 is 9.26 Å².